The molecule has 0 aliphatic heterocycles. The molecule has 0 aromatic heterocycles. The van der Waals surface area contributed by atoms with Gasteiger partial charge in [0.1, 0.15) is 5.25 Å². The summed E-state index contributed by atoms with van der Waals surface area (Å²) in [4.78, 5) is 21.1. The fraction of sp³-hybridized carbons (Fsp3) is 0.667. The van der Waals surface area contributed by atoms with Crippen molar-refractivity contribution in [3.8, 4) is 0 Å². The minimum Gasteiger partial charge on any atom is -0.258 e. The Balaban J connectivity index is 1.80. The van der Waals surface area contributed by atoms with Crippen molar-refractivity contribution in [2.45, 2.75) is 34.6 Å². The number of halogens is 1. The fourth-order valence-corrected chi connectivity index (χ4v) is 6.46. The Morgan fingerprint density at radius 3 is 2.45 bits per heavy atom. The van der Waals surface area contributed by atoms with E-state index in [4.69, 9.17) is 0 Å². The van der Waals surface area contributed by atoms with Crippen LogP contribution in [0, 0.1) is 32.1 Å². The average molecular weight is 361 g/mol. The van der Waals surface area contributed by atoms with Gasteiger partial charge in [-0.15, -0.1) is 11.8 Å². The lowest BCUT2D eigenvalue weighted by molar-refractivity contribution is -0.466. The summed E-state index contributed by atoms with van der Waals surface area (Å²) in [6.45, 7) is 0. The average Bonchev–Trinajstić information content (AvgIpc) is 3.06. The van der Waals surface area contributed by atoms with Crippen molar-refractivity contribution in [1.29, 1.82) is 0 Å². The molecule has 0 heterocycles. The predicted molar refractivity (Wildman–Crippen MR) is 78.9 cm³/mol. The van der Waals surface area contributed by atoms with Gasteiger partial charge in [-0.05, 0) is 31.1 Å². The SMILES string of the molecule is O=[N+]([O-])C1=C([N+](=O)[O-])C(SC2C3CCC(C3)C2Br)C=C1. The fourth-order valence-electron chi connectivity index (χ4n) is 3.49. The zero-order valence-electron chi connectivity index (χ0n) is 10.5. The maximum absolute atomic E-state index is 11.1. The second-order valence-corrected chi connectivity index (χ2v) is 7.82. The van der Waals surface area contributed by atoms with E-state index in [1.54, 1.807) is 6.08 Å². The van der Waals surface area contributed by atoms with Crippen molar-refractivity contribution in [1.82, 2.24) is 0 Å². The number of nitro groups is 2. The second-order valence-electron chi connectivity index (χ2n) is 5.44. The number of hydrogen-bond acceptors (Lipinski definition) is 5. The Hall–Kier alpha value is -0.890. The van der Waals surface area contributed by atoms with Gasteiger partial charge in [0.15, 0.2) is 0 Å². The highest BCUT2D eigenvalue weighted by atomic mass is 79.9. The van der Waals surface area contributed by atoms with E-state index in [1.165, 1.54) is 37.1 Å². The number of alkyl halides is 1. The van der Waals surface area contributed by atoms with Crippen molar-refractivity contribution in [2.24, 2.45) is 11.8 Å². The molecule has 0 aromatic carbocycles. The van der Waals surface area contributed by atoms with Gasteiger partial charge in [0.05, 0.1) is 9.85 Å². The maximum atomic E-state index is 11.1. The smallest absolute Gasteiger partial charge is 0.258 e. The number of hydrogen-bond donors (Lipinski definition) is 0. The molecule has 2 fully saturated rings. The van der Waals surface area contributed by atoms with E-state index in [2.05, 4.69) is 15.9 Å². The van der Waals surface area contributed by atoms with Gasteiger partial charge in [0, 0.05) is 16.2 Å². The first-order chi connectivity index (χ1) is 9.49. The molecular weight excluding hydrogens is 348 g/mol. The first-order valence-corrected chi connectivity index (χ1v) is 8.35. The minimum atomic E-state index is -0.665. The lowest BCUT2D eigenvalue weighted by Crippen LogP contribution is -2.28. The highest BCUT2D eigenvalue weighted by Gasteiger charge is 2.49. The Morgan fingerprint density at radius 2 is 1.90 bits per heavy atom. The molecule has 6 nitrogen and oxygen atoms in total. The van der Waals surface area contributed by atoms with Crippen molar-refractivity contribution >= 4 is 27.7 Å². The van der Waals surface area contributed by atoms with E-state index in [-0.39, 0.29) is 11.4 Å². The summed E-state index contributed by atoms with van der Waals surface area (Å²) < 4.78 is 0. The highest BCUT2D eigenvalue weighted by molar-refractivity contribution is 9.09. The molecule has 0 N–H and O–H groups in total. The van der Waals surface area contributed by atoms with E-state index < -0.39 is 15.1 Å². The van der Waals surface area contributed by atoms with Crippen LogP contribution >= 0.6 is 27.7 Å². The maximum Gasteiger partial charge on any atom is 0.342 e. The van der Waals surface area contributed by atoms with E-state index in [0.717, 1.165) is 0 Å². The Bertz CT molecular complexity index is 534. The quantitative estimate of drug-likeness (QED) is 0.437. The lowest BCUT2D eigenvalue weighted by atomic mass is 10.0. The van der Waals surface area contributed by atoms with Crippen LogP contribution in [0.25, 0.3) is 0 Å². The summed E-state index contributed by atoms with van der Waals surface area (Å²) in [6, 6.07) is 0. The first-order valence-electron chi connectivity index (χ1n) is 6.49. The van der Waals surface area contributed by atoms with Crippen LogP contribution in [-0.4, -0.2) is 25.2 Å². The number of rotatable bonds is 4. The molecule has 2 bridgehead atoms. The standard InChI is InChI=1S/C12H13BrN2O4S/c13-10-6-1-2-7(5-6)12(10)20-9-4-3-8(14(16)17)11(9)15(18)19/h3-4,6-7,9-10,12H,1-2,5H2. The minimum absolute atomic E-state index is 0.275. The largest absolute Gasteiger partial charge is 0.342 e. The van der Waals surface area contributed by atoms with Gasteiger partial charge in [0.25, 0.3) is 0 Å². The summed E-state index contributed by atoms with van der Waals surface area (Å²) in [7, 11) is 0. The predicted octanol–water partition coefficient (Wildman–Crippen LogP) is 2.99. The van der Waals surface area contributed by atoms with Crippen LogP contribution < -0.4 is 0 Å². The van der Waals surface area contributed by atoms with Gasteiger partial charge in [-0.1, -0.05) is 22.0 Å². The van der Waals surface area contributed by atoms with Crippen molar-refractivity contribution in [2.75, 3.05) is 0 Å². The van der Waals surface area contributed by atoms with Crippen LogP contribution in [-0.2, 0) is 0 Å². The third-order valence-electron chi connectivity index (χ3n) is 4.40. The Morgan fingerprint density at radius 1 is 1.20 bits per heavy atom. The summed E-state index contributed by atoms with van der Waals surface area (Å²) in [6.07, 6.45) is 6.42. The van der Waals surface area contributed by atoms with Gasteiger partial charge in [-0.3, -0.25) is 20.2 Å². The van der Waals surface area contributed by atoms with Crippen LogP contribution in [0.15, 0.2) is 23.5 Å². The zero-order valence-corrected chi connectivity index (χ0v) is 12.9. The molecule has 0 spiro atoms. The summed E-state index contributed by atoms with van der Waals surface area (Å²) in [5, 5.41) is 21.8. The van der Waals surface area contributed by atoms with Crippen molar-refractivity contribution < 1.29 is 9.85 Å². The molecular formula is C12H13BrN2O4S. The molecule has 5 atom stereocenters. The van der Waals surface area contributed by atoms with Gasteiger partial charge in [-0.25, -0.2) is 0 Å². The van der Waals surface area contributed by atoms with Crippen LogP contribution in [0.3, 0.4) is 0 Å². The molecule has 0 amide bonds. The van der Waals surface area contributed by atoms with E-state index in [9.17, 15) is 20.2 Å². The molecule has 0 radical (unpaired) electrons. The molecule has 108 valence electrons. The molecule has 3 rings (SSSR count). The molecule has 8 heteroatoms. The normalized spacial score (nSPS) is 38.8. The molecule has 0 aromatic rings. The molecule has 0 saturated heterocycles. The van der Waals surface area contributed by atoms with Crippen LogP contribution in [0.4, 0.5) is 0 Å². The molecule has 3 aliphatic rings. The number of thioether (sulfide) groups is 1. The molecule has 20 heavy (non-hydrogen) atoms. The van der Waals surface area contributed by atoms with Gasteiger partial charge in [0.2, 0.25) is 0 Å². The Kier molecular flexibility index (Phi) is 3.62. The first kappa shape index (κ1) is 14.1. The monoisotopic (exact) mass is 360 g/mol. The number of allylic oxidation sites excluding steroid dienone is 1. The van der Waals surface area contributed by atoms with E-state index in [1.807, 2.05) is 0 Å². The third-order valence-corrected chi connectivity index (χ3v) is 7.73. The summed E-state index contributed by atoms with van der Waals surface area (Å²) in [5.74, 6) is 1.23. The van der Waals surface area contributed by atoms with E-state index >= 15 is 0 Å². The lowest BCUT2D eigenvalue weighted by Gasteiger charge is -2.27. The van der Waals surface area contributed by atoms with E-state index in [0.29, 0.717) is 21.9 Å². The van der Waals surface area contributed by atoms with Crippen LogP contribution in [0.5, 0.6) is 0 Å². The second kappa shape index (κ2) is 5.14. The van der Waals surface area contributed by atoms with Crippen LogP contribution in [0.1, 0.15) is 19.3 Å². The molecule has 2 saturated carbocycles. The molecule has 3 aliphatic carbocycles. The number of fused-ring (bicyclic) bond motifs is 2. The number of nitrogens with zero attached hydrogens (tertiary/aromatic N) is 2. The van der Waals surface area contributed by atoms with Gasteiger partial charge in [-0.2, -0.15) is 0 Å². The van der Waals surface area contributed by atoms with Crippen LogP contribution in [0.2, 0.25) is 0 Å². The van der Waals surface area contributed by atoms with Gasteiger partial charge < -0.3 is 0 Å². The van der Waals surface area contributed by atoms with Gasteiger partial charge >= 0.3 is 11.4 Å². The summed E-state index contributed by atoms with van der Waals surface area (Å²) >= 11 is 5.21. The van der Waals surface area contributed by atoms with Crippen molar-refractivity contribution in [3.63, 3.8) is 0 Å². The summed E-state index contributed by atoms with van der Waals surface area (Å²) in [5.41, 5.74) is -0.649. The van der Waals surface area contributed by atoms with Crippen molar-refractivity contribution in [3.05, 3.63) is 43.8 Å². The highest BCUT2D eigenvalue weighted by Crippen LogP contribution is 2.54. The zero-order chi connectivity index (χ0) is 14.4. The Labute approximate surface area is 128 Å². The topological polar surface area (TPSA) is 86.3 Å². The third kappa shape index (κ3) is 2.18. The molecule has 5 unspecified atom stereocenters.